The number of benzene rings is 3. The fraction of sp³-hybridized carbons (Fsp3) is 0.310. The van der Waals surface area contributed by atoms with Crippen LogP contribution in [0.1, 0.15) is 35.2 Å². The zero-order valence-electron chi connectivity index (χ0n) is 20.1. The van der Waals surface area contributed by atoms with Crippen LogP contribution in [0, 0.1) is 11.8 Å². The van der Waals surface area contributed by atoms with E-state index in [2.05, 4.69) is 5.32 Å². The van der Waals surface area contributed by atoms with Crippen molar-refractivity contribution in [3.05, 3.63) is 83.9 Å². The molecule has 0 saturated heterocycles. The first-order valence-corrected chi connectivity index (χ1v) is 12.0. The maximum atomic E-state index is 12.9. The number of aliphatic hydroxyl groups is 2. The molecule has 0 heterocycles. The Morgan fingerprint density at radius 3 is 2.06 bits per heavy atom. The molecule has 0 bridgehead atoms. The quantitative estimate of drug-likeness (QED) is 0.332. The number of hydrogen-bond acceptors (Lipinski definition) is 5. The largest absolute Gasteiger partial charge is 0.378 e. The molecular weight excluding hydrogens is 440 g/mol. The molecule has 0 spiro atoms. The summed E-state index contributed by atoms with van der Waals surface area (Å²) in [5.41, 5.74) is 5.31. The lowest BCUT2D eigenvalue weighted by Gasteiger charge is -2.20. The van der Waals surface area contributed by atoms with Crippen LogP contribution < -0.4 is 10.2 Å². The SMILES string of the molecule is CN(C)c1ccc(CC(=O)Nc2ccc(-c3ccc(C(=O)[C@@H]4CCC[C@H]4C(O)O)cc3)cc2)cc1. The van der Waals surface area contributed by atoms with Gasteiger partial charge in [-0.3, -0.25) is 9.59 Å². The molecule has 1 amide bonds. The predicted molar refractivity (Wildman–Crippen MR) is 138 cm³/mol. The first-order chi connectivity index (χ1) is 16.8. The number of rotatable bonds is 8. The van der Waals surface area contributed by atoms with Crippen LogP contribution in [0.4, 0.5) is 11.4 Å². The molecular formula is C29H32N2O4. The third kappa shape index (κ3) is 5.96. The number of nitrogens with one attached hydrogen (secondary N) is 1. The van der Waals surface area contributed by atoms with Crippen molar-refractivity contribution in [1.82, 2.24) is 0 Å². The second-order valence-electron chi connectivity index (χ2n) is 9.42. The number of aliphatic hydroxyl groups excluding tert-OH is 1. The summed E-state index contributed by atoms with van der Waals surface area (Å²) in [6, 6.07) is 22.9. The van der Waals surface area contributed by atoms with Crippen molar-refractivity contribution in [2.75, 3.05) is 24.3 Å². The van der Waals surface area contributed by atoms with Crippen LogP contribution in [-0.2, 0) is 11.2 Å². The highest BCUT2D eigenvalue weighted by atomic mass is 16.5. The Morgan fingerprint density at radius 2 is 1.49 bits per heavy atom. The first kappa shape index (κ1) is 24.6. The van der Waals surface area contributed by atoms with Crippen molar-refractivity contribution in [2.45, 2.75) is 32.0 Å². The van der Waals surface area contributed by atoms with Gasteiger partial charge >= 0.3 is 0 Å². The van der Waals surface area contributed by atoms with Gasteiger partial charge in [-0.15, -0.1) is 0 Å². The fourth-order valence-corrected chi connectivity index (χ4v) is 4.76. The van der Waals surface area contributed by atoms with Gasteiger partial charge in [-0.25, -0.2) is 0 Å². The lowest BCUT2D eigenvalue weighted by atomic mass is 9.87. The molecule has 6 heteroatoms. The molecule has 3 aromatic carbocycles. The highest BCUT2D eigenvalue weighted by Crippen LogP contribution is 2.36. The van der Waals surface area contributed by atoms with E-state index in [1.807, 2.05) is 79.7 Å². The molecule has 6 nitrogen and oxygen atoms in total. The van der Waals surface area contributed by atoms with E-state index >= 15 is 0 Å². The van der Waals surface area contributed by atoms with Crippen molar-refractivity contribution >= 4 is 23.1 Å². The lowest BCUT2D eigenvalue weighted by Crippen LogP contribution is -2.28. The second-order valence-corrected chi connectivity index (χ2v) is 9.42. The van der Waals surface area contributed by atoms with Gasteiger partial charge in [0.25, 0.3) is 0 Å². The number of ketones is 1. The maximum Gasteiger partial charge on any atom is 0.228 e. The van der Waals surface area contributed by atoms with Crippen LogP contribution >= 0.6 is 0 Å². The average Bonchev–Trinajstić information content (AvgIpc) is 3.35. The summed E-state index contributed by atoms with van der Waals surface area (Å²) in [7, 11) is 3.96. The number of Topliss-reactive ketones (excluding diaryl/α,β-unsaturated/α-hetero) is 1. The van der Waals surface area contributed by atoms with Crippen LogP contribution in [0.5, 0.6) is 0 Å². The molecule has 0 aliphatic heterocycles. The molecule has 182 valence electrons. The second kappa shape index (κ2) is 10.8. The van der Waals surface area contributed by atoms with Gasteiger partial charge in [0.2, 0.25) is 5.91 Å². The normalized spacial score (nSPS) is 17.4. The summed E-state index contributed by atoms with van der Waals surface area (Å²) in [5, 5.41) is 22.1. The number of nitrogens with zero attached hydrogens (tertiary/aromatic N) is 1. The number of hydrogen-bond donors (Lipinski definition) is 3. The monoisotopic (exact) mass is 472 g/mol. The van der Waals surface area contributed by atoms with Crippen molar-refractivity contribution in [3.63, 3.8) is 0 Å². The molecule has 1 saturated carbocycles. The molecule has 1 fully saturated rings. The third-order valence-electron chi connectivity index (χ3n) is 6.78. The summed E-state index contributed by atoms with van der Waals surface area (Å²) < 4.78 is 0. The Hall–Kier alpha value is -3.48. The zero-order chi connectivity index (χ0) is 24.9. The molecule has 0 unspecified atom stereocenters. The molecule has 0 aromatic heterocycles. The molecule has 4 rings (SSSR count). The van der Waals surface area contributed by atoms with E-state index in [9.17, 15) is 19.8 Å². The number of amides is 1. The van der Waals surface area contributed by atoms with E-state index in [0.717, 1.165) is 34.5 Å². The van der Waals surface area contributed by atoms with E-state index in [0.29, 0.717) is 24.8 Å². The fourth-order valence-electron chi connectivity index (χ4n) is 4.76. The summed E-state index contributed by atoms with van der Waals surface area (Å²) in [5.74, 6) is -0.824. The van der Waals surface area contributed by atoms with E-state index < -0.39 is 6.29 Å². The molecule has 1 aliphatic carbocycles. The topological polar surface area (TPSA) is 89.9 Å². The highest BCUT2D eigenvalue weighted by Gasteiger charge is 2.37. The number of carbonyl (C=O) groups excluding carboxylic acids is 2. The van der Waals surface area contributed by atoms with E-state index in [1.165, 1.54) is 0 Å². The van der Waals surface area contributed by atoms with Crippen molar-refractivity contribution in [1.29, 1.82) is 0 Å². The minimum Gasteiger partial charge on any atom is -0.378 e. The Bertz CT molecular complexity index is 1150. The van der Waals surface area contributed by atoms with E-state index in [4.69, 9.17) is 0 Å². The van der Waals surface area contributed by atoms with Crippen LogP contribution in [0.15, 0.2) is 72.8 Å². The standard InChI is InChI=1S/C29H32N2O4/c1-31(2)24-16-6-19(7-17-24)18-27(32)30-23-14-12-21(13-15-23)20-8-10-22(11-9-20)28(33)25-4-3-5-26(25)29(34)35/h6-17,25-26,29,34-35H,3-5,18H2,1-2H3,(H,30,32)/t25-,26-/m1/s1. The van der Waals surface area contributed by atoms with Gasteiger partial charge in [0.15, 0.2) is 12.1 Å². The van der Waals surface area contributed by atoms with Crippen molar-refractivity contribution in [3.8, 4) is 11.1 Å². The van der Waals surface area contributed by atoms with Gasteiger partial charge in [-0.05, 0) is 53.8 Å². The first-order valence-electron chi connectivity index (χ1n) is 12.0. The van der Waals surface area contributed by atoms with E-state index in [1.54, 1.807) is 12.1 Å². The summed E-state index contributed by atoms with van der Waals surface area (Å²) >= 11 is 0. The highest BCUT2D eigenvalue weighted by molar-refractivity contribution is 5.98. The van der Waals surface area contributed by atoms with Crippen LogP contribution in [0.25, 0.3) is 11.1 Å². The van der Waals surface area contributed by atoms with E-state index in [-0.39, 0.29) is 23.5 Å². The minimum absolute atomic E-state index is 0.0263. The van der Waals surface area contributed by atoms with Gasteiger partial charge in [-0.2, -0.15) is 0 Å². The predicted octanol–water partition coefficient (Wildman–Crippen LogP) is 4.51. The third-order valence-corrected chi connectivity index (χ3v) is 6.78. The summed E-state index contributed by atoms with van der Waals surface area (Å²) in [4.78, 5) is 27.3. The van der Waals surface area contributed by atoms with Crippen molar-refractivity contribution < 1.29 is 19.8 Å². The van der Waals surface area contributed by atoms with Crippen molar-refractivity contribution in [2.24, 2.45) is 11.8 Å². The van der Waals surface area contributed by atoms with Gasteiger partial charge in [0, 0.05) is 42.9 Å². The summed E-state index contributed by atoms with van der Waals surface area (Å²) in [6.07, 6.45) is 1.05. The lowest BCUT2D eigenvalue weighted by molar-refractivity contribution is -0.115. The van der Waals surface area contributed by atoms with Gasteiger partial charge in [0.1, 0.15) is 0 Å². The molecule has 3 N–H and O–H groups in total. The van der Waals surface area contributed by atoms with Crippen LogP contribution in [0.3, 0.4) is 0 Å². The number of anilines is 2. The molecule has 35 heavy (non-hydrogen) atoms. The maximum absolute atomic E-state index is 12.9. The average molecular weight is 473 g/mol. The van der Waals surface area contributed by atoms with Gasteiger partial charge < -0.3 is 20.4 Å². The summed E-state index contributed by atoms with van der Waals surface area (Å²) in [6.45, 7) is 0. The molecule has 3 aromatic rings. The van der Waals surface area contributed by atoms with Crippen LogP contribution in [-0.4, -0.2) is 42.3 Å². The molecule has 1 aliphatic rings. The van der Waals surface area contributed by atoms with Crippen LogP contribution in [0.2, 0.25) is 0 Å². The van der Waals surface area contributed by atoms with Gasteiger partial charge in [-0.1, -0.05) is 55.0 Å². The Morgan fingerprint density at radius 1 is 0.886 bits per heavy atom. The molecule has 0 radical (unpaired) electrons. The smallest absolute Gasteiger partial charge is 0.228 e. The Balaban J connectivity index is 1.36. The zero-order valence-corrected chi connectivity index (χ0v) is 20.1. The molecule has 2 atom stereocenters. The Labute approximate surface area is 206 Å². The Kier molecular flexibility index (Phi) is 7.63. The number of carbonyl (C=O) groups is 2. The minimum atomic E-state index is -1.45. The van der Waals surface area contributed by atoms with Gasteiger partial charge in [0.05, 0.1) is 6.42 Å².